The molecule has 6 heteroatoms. The van der Waals surface area contributed by atoms with E-state index < -0.39 is 0 Å². The fourth-order valence-electron chi connectivity index (χ4n) is 4.96. The van der Waals surface area contributed by atoms with E-state index in [1.54, 1.807) is 0 Å². The Morgan fingerprint density at radius 2 is 1.68 bits per heavy atom. The van der Waals surface area contributed by atoms with Crippen LogP contribution in [0.3, 0.4) is 0 Å². The van der Waals surface area contributed by atoms with Gasteiger partial charge in [0.05, 0.1) is 7.11 Å². The molecule has 184 valence electrons. The summed E-state index contributed by atoms with van der Waals surface area (Å²) in [7, 11) is 3.70. The standard InChI is InChI=1S/C28H39N3O2S/c1-29(34-27-11-7-4-8-12-27)22-25(24-9-5-3-6-10-24)15-18-30-19-16-26(17-20-30)31(28(32)33-2)21-23-13-14-23/h3-12,23,25-26H,13-22H2,1-2H3. The molecule has 4 rings (SSSR count). The van der Waals surface area contributed by atoms with Crippen LogP contribution in [-0.2, 0) is 4.74 Å². The molecule has 2 aliphatic rings. The van der Waals surface area contributed by atoms with E-state index in [-0.39, 0.29) is 6.09 Å². The molecular formula is C28H39N3O2S. The minimum atomic E-state index is -0.145. The van der Waals surface area contributed by atoms with Crippen molar-refractivity contribution in [1.29, 1.82) is 0 Å². The number of nitrogens with zero attached hydrogens (tertiary/aromatic N) is 3. The van der Waals surface area contributed by atoms with Crippen molar-refractivity contribution >= 4 is 18.0 Å². The van der Waals surface area contributed by atoms with E-state index >= 15 is 0 Å². The summed E-state index contributed by atoms with van der Waals surface area (Å²) >= 11 is 1.82. The molecule has 1 atom stereocenters. The molecular weight excluding hydrogens is 442 g/mol. The first kappa shape index (κ1) is 25.1. The van der Waals surface area contributed by atoms with Crippen molar-refractivity contribution in [2.75, 3.05) is 46.9 Å². The predicted molar refractivity (Wildman–Crippen MR) is 140 cm³/mol. The third kappa shape index (κ3) is 7.49. The summed E-state index contributed by atoms with van der Waals surface area (Å²) in [5.41, 5.74) is 1.42. The Hall–Kier alpha value is -2.02. The second-order valence-electron chi connectivity index (χ2n) is 9.75. The molecule has 1 unspecified atom stereocenters. The van der Waals surface area contributed by atoms with E-state index in [9.17, 15) is 4.79 Å². The molecule has 0 bridgehead atoms. The Morgan fingerprint density at radius 1 is 1.03 bits per heavy atom. The smallest absolute Gasteiger partial charge is 0.409 e. The monoisotopic (exact) mass is 481 g/mol. The molecule has 1 amide bonds. The number of hydrogen-bond donors (Lipinski definition) is 0. The van der Waals surface area contributed by atoms with E-state index in [1.807, 2.05) is 16.8 Å². The van der Waals surface area contributed by atoms with Crippen molar-refractivity contribution in [2.45, 2.75) is 49.0 Å². The minimum Gasteiger partial charge on any atom is -0.453 e. The summed E-state index contributed by atoms with van der Waals surface area (Å²) in [4.78, 5) is 18.2. The summed E-state index contributed by atoms with van der Waals surface area (Å²) < 4.78 is 7.46. The van der Waals surface area contributed by atoms with E-state index in [0.29, 0.717) is 17.9 Å². The van der Waals surface area contributed by atoms with Crippen molar-refractivity contribution in [3.63, 3.8) is 0 Å². The maximum atomic E-state index is 12.3. The van der Waals surface area contributed by atoms with Gasteiger partial charge in [0.1, 0.15) is 0 Å². The molecule has 2 fully saturated rings. The number of methoxy groups -OCH3 is 1. The topological polar surface area (TPSA) is 36.0 Å². The van der Waals surface area contributed by atoms with Crippen molar-refractivity contribution in [3.05, 3.63) is 66.2 Å². The van der Waals surface area contributed by atoms with Gasteiger partial charge in [-0.25, -0.2) is 9.10 Å². The van der Waals surface area contributed by atoms with Crippen LogP contribution in [0.15, 0.2) is 65.6 Å². The van der Waals surface area contributed by atoms with Gasteiger partial charge in [-0.1, -0.05) is 48.5 Å². The number of likely N-dealkylation sites (N-methyl/N-ethyl adjacent to an activating group) is 1. The molecule has 2 aromatic rings. The van der Waals surface area contributed by atoms with Crippen LogP contribution in [0.25, 0.3) is 0 Å². The molecule has 1 heterocycles. The number of likely N-dealkylation sites (tertiary alicyclic amines) is 1. The fraction of sp³-hybridized carbons (Fsp3) is 0.536. The van der Waals surface area contributed by atoms with E-state index in [0.717, 1.165) is 52.0 Å². The molecule has 0 radical (unpaired) electrons. The van der Waals surface area contributed by atoms with Gasteiger partial charge in [-0.3, -0.25) is 0 Å². The largest absolute Gasteiger partial charge is 0.453 e. The maximum absolute atomic E-state index is 12.3. The first-order valence-corrected chi connectivity index (χ1v) is 13.5. The highest BCUT2D eigenvalue weighted by Gasteiger charge is 2.33. The average Bonchev–Trinajstić information content (AvgIpc) is 3.70. The third-order valence-corrected chi connectivity index (χ3v) is 8.05. The van der Waals surface area contributed by atoms with Crippen LogP contribution in [0, 0.1) is 5.92 Å². The summed E-state index contributed by atoms with van der Waals surface area (Å²) in [6, 6.07) is 21.9. The zero-order valence-corrected chi connectivity index (χ0v) is 21.5. The summed E-state index contributed by atoms with van der Waals surface area (Å²) in [6.45, 7) is 5.09. The van der Waals surface area contributed by atoms with Gasteiger partial charge in [-0.15, -0.1) is 0 Å². The number of amides is 1. The molecule has 0 N–H and O–H groups in total. The van der Waals surface area contributed by atoms with Crippen molar-refractivity contribution in [1.82, 2.24) is 14.1 Å². The molecule has 2 aromatic carbocycles. The number of piperidine rings is 1. The lowest BCUT2D eigenvalue weighted by atomic mass is 9.94. The maximum Gasteiger partial charge on any atom is 0.409 e. The van der Waals surface area contributed by atoms with Crippen molar-refractivity contribution in [3.8, 4) is 0 Å². The van der Waals surface area contributed by atoms with Gasteiger partial charge >= 0.3 is 6.09 Å². The number of carbonyl (C=O) groups excluding carboxylic acids is 1. The highest BCUT2D eigenvalue weighted by Crippen LogP contribution is 2.32. The van der Waals surface area contributed by atoms with E-state index in [2.05, 4.69) is 76.9 Å². The zero-order valence-electron chi connectivity index (χ0n) is 20.6. The number of ether oxygens (including phenoxy) is 1. The lowest BCUT2D eigenvalue weighted by molar-refractivity contribution is 0.0748. The lowest BCUT2D eigenvalue weighted by Gasteiger charge is -2.38. The van der Waals surface area contributed by atoms with Gasteiger partial charge in [0.15, 0.2) is 0 Å². The molecule has 5 nitrogen and oxygen atoms in total. The van der Waals surface area contributed by atoms with Crippen LogP contribution < -0.4 is 0 Å². The first-order chi connectivity index (χ1) is 16.6. The highest BCUT2D eigenvalue weighted by atomic mass is 32.2. The number of carbonyl (C=O) groups is 1. The van der Waals surface area contributed by atoms with Crippen LogP contribution >= 0.6 is 11.9 Å². The molecule has 1 aliphatic heterocycles. The Kier molecular flexibility index (Phi) is 9.31. The number of hydrogen-bond acceptors (Lipinski definition) is 5. The Bertz CT molecular complexity index is 870. The van der Waals surface area contributed by atoms with Gasteiger partial charge in [0, 0.05) is 37.1 Å². The van der Waals surface area contributed by atoms with Crippen molar-refractivity contribution < 1.29 is 9.53 Å². The SMILES string of the molecule is COC(=O)N(CC1CC1)C1CCN(CCC(CN(C)Sc2ccccc2)c2ccccc2)CC1. The second-order valence-corrected chi connectivity index (χ2v) is 11.0. The van der Waals surface area contributed by atoms with Gasteiger partial charge in [-0.2, -0.15) is 0 Å². The first-order valence-electron chi connectivity index (χ1n) is 12.7. The molecule has 34 heavy (non-hydrogen) atoms. The highest BCUT2D eigenvalue weighted by molar-refractivity contribution is 7.97. The van der Waals surface area contributed by atoms with Crippen LogP contribution in [-0.4, -0.2) is 73.1 Å². The predicted octanol–water partition coefficient (Wildman–Crippen LogP) is 5.74. The van der Waals surface area contributed by atoms with Gasteiger partial charge in [0.2, 0.25) is 0 Å². The van der Waals surface area contributed by atoms with Crippen LogP contribution in [0.4, 0.5) is 4.79 Å². The summed E-state index contributed by atoms with van der Waals surface area (Å²) in [5.74, 6) is 1.18. The lowest BCUT2D eigenvalue weighted by Crippen LogP contribution is -2.48. The summed E-state index contributed by atoms with van der Waals surface area (Å²) in [6.07, 6.45) is 5.59. The summed E-state index contributed by atoms with van der Waals surface area (Å²) in [5, 5.41) is 0. The van der Waals surface area contributed by atoms with Crippen LogP contribution in [0.5, 0.6) is 0 Å². The van der Waals surface area contributed by atoms with E-state index in [1.165, 1.54) is 30.4 Å². The molecule has 0 aromatic heterocycles. The Morgan fingerprint density at radius 3 is 2.29 bits per heavy atom. The van der Waals surface area contributed by atoms with Crippen LogP contribution in [0.2, 0.25) is 0 Å². The quantitative estimate of drug-likeness (QED) is 0.382. The minimum absolute atomic E-state index is 0.145. The van der Waals surface area contributed by atoms with Gasteiger partial charge < -0.3 is 14.5 Å². The Balaban J connectivity index is 1.29. The molecule has 1 aliphatic carbocycles. The second kappa shape index (κ2) is 12.6. The average molecular weight is 482 g/mol. The van der Waals surface area contributed by atoms with E-state index in [4.69, 9.17) is 4.74 Å². The van der Waals surface area contributed by atoms with Crippen LogP contribution in [0.1, 0.15) is 43.6 Å². The van der Waals surface area contributed by atoms with Crippen molar-refractivity contribution in [2.24, 2.45) is 5.92 Å². The number of benzene rings is 2. The Labute approximate surface area is 209 Å². The fourth-order valence-corrected chi connectivity index (χ4v) is 5.85. The number of rotatable bonds is 11. The van der Waals surface area contributed by atoms with Gasteiger partial charge in [0.25, 0.3) is 0 Å². The van der Waals surface area contributed by atoms with Gasteiger partial charge in [-0.05, 0) is 87.2 Å². The molecule has 1 saturated heterocycles. The normalized spacial score (nSPS) is 18.1. The zero-order chi connectivity index (χ0) is 23.8. The third-order valence-electron chi connectivity index (χ3n) is 7.11. The molecule has 1 saturated carbocycles. The molecule has 0 spiro atoms.